The molecule has 3 unspecified atom stereocenters. The molecule has 1 saturated heterocycles. The second-order valence-corrected chi connectivity index (χ2v) is 9.84. The summed E-state index contributed by atoms with van der Waals surface area (Å²) in [4.78, 5) is 15.9. The van der Waals surface area contributed by atoms with Gasteiger partial charge >= 0.3 is 24.6 Å². The summed E-state index contributed by atoms with van der Waals surface area (Å²) < 4.78 is 132. The Morgan fingerprint density at radius 1 is 1.00 bits per heavy atom. The molecule has 1 N–H and O–H groups in total. The van der Waals surface area contributed by atoms with E-state index in [2.05, 4.69) is 5.32 Å². The normalized spacial score (nSPS) is 19.2. The molecule has 0 aromatic heterocycles. The maximum atomic E-state index is 13.8. The lowest BCUT2D eigenvalue weighted by atomic mass is 9.90. The molecule has 1 aliphatic rings. The van der Waals surface area contributed by atoms with E-state index < -0.39 is 71.6 Å². The van der Waals surface area contributed by atoms with Gasteiger partial charge in [0, 0.05) is 20.1 Å². The van der Waals surface area contributed by atoms with Crippen molar-refractivity contribution < 1.29 is 48.7 Å². The molecule has 0 aliphatic carbocycles. The number of nitrogens with one attached hydrogen (secondary N) is 1. The van der Waals surface area contributed by atoms with Gasteiger partial charge in [-0.1, -0.05) is 6.07 Å². The number of hydrogen-bond acceptors (Lipinski definition) is 2. The minimum Gasteiger partial charge on any atom is -0.321 e. The third-order valence-electron chi connectivity index (χ3n) is 7.03. The maximum Gasteiger partial charge on any atom is 0.416 e. The van der Waals surface area contributed by atoms with Crippen LogP contribution in [-0.4, -0.2) is 48.7 Å². The molecule has 1 aliphatic heterocycles. The third-order valence-corrected chi connectivity index (χ3v) is 7.03. The molecule has 2 aromatic carbocycles. The first-order valence-corrected chi connectivity index (χ1v) is 12.2. The number of aryl methyl sites for hydroxylation is 1. The second-order valence-electron chi connectivity index (χ2n) is 9.84. The molecule has 2 amide bonds. The topological polar surface area (TPSA) is 35.6 Å². The quantitative estimate of drug-likeness (QED) is 0.356. The molecule has 0 radical (unpaired) electrons. The first-order chi connectivity index (χ1) is 18.3. The number of rotatable bonds is 6. The van der Waals surface area contributed by atoms with Gasteiger partial charge in [0.25, 0.3) is 0 Å². The van der Waals surface area contributed by atoms with Crippen LogP contribution in [0.25, 0.3) is 0 Å². The SMILES string of the molecule is Cc1cc(F)ccc1C1C(CNCC(F)(F)F)CCN1C(=O)N(C)C(C)c1cc(C(F)(F)F)cc(C(F)(F)F)c1. The number of amides is 2. The summed E-state index contributed by atoms with van der Waals surface area (Å²) in [7, 11) is 1.21. The Hall–Kier alpha value is -3.03. The molecule has 222 valence electrons. The van der Waals surface area contributed by atoms with E-state index in [4.69, 9.17) is 0 Å². The molecule has 3 atom stereocenters. The molecule has 0 saturated carbocycles. The number of nitrogens with zero attached hydrogens (tertiary/aromatic N) is 2. The Balaban J connectivity index is 1.94. The highest BCUT2D eigenvalue weighted by molar-refractivity contribution is 5.76. The second kappa shape index (κ2) is 11.5. The summed E-state index contributed by atoms with van der Waals surface area (Å²) in [6, 6.07) is 1.99. The van der Waals surface area contributed by atoms with Crippen LogP contribution in [-0.2, 0) is 12.4 Å². The Kier molecular flexibility index (Phi) is 9.02. The number of alkyl halides is 9. The Labute approximate surface area is 223 Å². The molecule has 2 aromatic rings. The van der Waals surface area contributed by atoms with Gasteiger partial charge in [-0.3, -0.25) is 0 Å². The molecule has 1 heterocycles. The number of hydrogen-bond donors (Lipinski definition) is 1. The summed E-state index contributed by atoms with van der Waals surface area (Å²) >= 11 is 0. The number of benzene rings is 2. The highest BCUT2D eigenvalue weighted by Crippen LogP contribution is 2.41. The van der Waals surface area contributed by atoms with E-state index in [1.807, 2.05) is 0 Å². The maximum absolute atomic E-state index is 13.8. The molecule has 3 rings (SSSR count). The molecular weight excluding hydrogens is 560 g/mol. The Bertz CT molecular complexity index is 1180. The molecular formula is C26H27F10N3O. The fourth-order valence-corrected chi connectivity index (χ4v) is 4.89. The average Bonchev–Trinajstić information content (AvgIpc) is 3.23. The number of likely N-dealkylation sites (tertiary alicyclic amines) is 1. The fraction of sp³-hybridized carbons (Fsp3) is 0.500. The van der Waals surface area contributed by atoms with Crippen LogP contribution in [0.15, 0.2) is 36.4 Å². The first-order valence-electron chi connectivity index (χ1n) is 12.2. The third kappa shape index (κ3) is 7.38. The fourth-order valence-electron chi connectivity index (χ4n) is 4.89. The van der Waals surface area contributed by atoms with E-state index in [0.717, 1.165) is 11.0 Å². The Morgan fingerprint density at radius 2 is 1.57 bits per heavy atom. The van der Waals surface area contributed by atoms with Gasteiger partial charge in [-0.05, 0) is 73.2 Å². The van der Waals surface area contributed by atoms with Gasteiger partial charge in [-0.25, -0.2) is 9.18 Å². The number of halogens is 10. The van der Waals surface area contributed by atoms with Crippen molar-refractivity contribution in [1.29, 1.82) is 0 Å². The molecule has 0 spiro atoms. The van der Waals surface area contributed by atoms with Gasteiger partial charge < -0.3 is 15.1 Å². The van der Waals surface area contributed by atoms with Crippen LogP contribution in [0.1, 0.15) is 53.2 Å². The van der Waals surface area contributed by atoms with E-state index >= 15 is 0 Å². The monoisotopic (exact) mass is 587 g/mol. The average molecular weight is 588 g/mol. The zero-order chi connectivity index (χ0) is 30.2. The van der Waals surface area contributed by atoms with Crippen molar-refractivity contribution in [1.82, 2.24) is 15.1 Å². The van der Waals surface area contributed by atoms with Crippen molar-refractivity contribution in [3.8, 4) is 0 Å². The molecule has 1 fully saturated rings. The number of carbonyl (C=O) groups excluding carboxylic acids is 1. The van der Waals surface area contributed by atoms with Crippen LogP contribution in [0.2, 0.25) is 0 Å². The van der Waals surface area contributed by atoms with Crippen molar-refractivity contribution in [2.75, 3.05) is 26.7 Å². The standard InChI is InChI=1S/C26H27F10N3O/c1-14-8-20(27)4-5-21(14)22-16(12-37-13-24(28,29)30)6-7-39(22)23(40)38(3)15(2)17-9-18(25(31,32)33)11-19(10-17)26(34,35)36/h4-5,8-11,15-16,22,37H,6-7,12-13H2,1-3H3. The van der Waals surface area contributed by atoms with Gasteiger partial charge in [0.2, 0.25) is 0 Å². The smallest absolute Gasteiger partial charge is 0.321 e. The molecule has 14 heteroatoms. The highest BCUT2D eigenvalue weighted by Gasteiger charge is 2.42. The van der Waals surface area contributed by atoms with Gasteiger partial charge in [-0.2, -0.15) is 39.5 Å². The Morgan fingerprint density at radius 3 is 2.08 bits per heavy atom. The highest BCUT2D eigenvalue weighted by atomic mass is 19.4. The van der Waals surface area contributed by atoms with E-state index in [1.54, 1.807) is 6.92 Å². The van der Waals surface area contributed by atoms with Crippen LogP contribution in [0.4, 0.5) is 48.7 Å². The lowest BCUT2D eigenvalue weighted by Gasteiger charge is -2.35. The van der Waals surface area contributed by atoms with Gasteiger partial charge in [0.15, 0.2) is 0 Å². The number of urea groups is 1. The minimum atomic E-state index is -5.07. The van der Waals surface area contributed by atoms with Crippen molar-refractivity contribution in [2.24, 2.45) is 5.92 Å². The van der Waals surface area contributed by atoms with E-state index in [1.165, 1.54) is 31.0 Å². The zero-order valence-corrected chi connectivity index (χ0v) is 21.6. The summed E-state index contributed by atoms with van der Waals surface area (Å²) in [6.45, 7) is 1.46. The molecule has 40 heavy (non-hydrogen) atoms. The van der Waals surface area contributed by atoms with Crippen molar-refractivity contribution in [3.63, 3.8) is 0 Å². The zero-order valence-electron chi connectivity index (χ0n) is 21.6. The van der Waals surface area contributed by atoms with Crippen LogP contribution in [0.5, 0.6) is 0 Å². The summed E-state index contributed by atoms with van der Waals surface area (Å²) in [5, 5.41) is 2.31. The molecule has 0 bridgehead atoms. The number of carbonyl (C=O) groups is 1. The van der Waals surface area contributed by atoms with Crippen molar-refractivity contribution >= 4 is 6.03 Å². The van der Waals surface area contributed by atoms with Crippen molar-refractivity contribution in [2.45, 2.75) is 50.9 Å². The predicted molar refractivity (Wildman–Crippen MR) is 126 cm³/mol. The van der Waals surface area contributed by atoms with Crippen LogP contribution < -0.4 is 5.32 Å². The van der Waals surface area contributed by atoms with E-state index in [9.17, 15) is 48.7 Å². The lowest BCUT2D eigenvalue weighted by Crippen LogP contribution is -2.43. The van der Waals surface area contributed by atoms with Gasteiger partial charge in [0.05, 0.1) is 29.8 Å². The first kappa shape index (κ1) is 31.5. The van der Waals surface area contributed by atoms with Gasteiger partial charge in [0.1, 0.15) is 5.82 Å². The van der Waals surface area contributed by atoms with E-state index in [0.29, 0.717) is 23.3 Å². The predicted octanol–water partition coefficient (Wildman–Crippen LogP) is 7.50. The summed E-state index contributed by atoms with van der Waals surface area (Å²) in [5.74, 6) is -1.11. The molecule has 4 nitrogen and oxygen atoms in total. The van der Waals surface area contributed by atoms with Crippen LogP contribution in [0.3, 0.4) is 0 Å². The lowest BCUT2D eigenvalue weighted by molar-refractivity contribution is -0.143. The van der Waals surface area contributed by atoms with E-state index in [-0.39, 0.29) is 25.6 Å². The summed E-state index contributed by atoms with van der Waals surface area (Å²) in [5.41, 5.74) is -2.57. The van der Waals surface area contributed by atoms with Gasteiger partial charge in [-0.15, -0.1) is 0 Å². The van der Waals surface area contributed by atoms with Crippen LogP contribution >= 0.6 is 0 Å². The van der Waals surface area contributed by atoms with Crippen LogP contribution in [0, 0.1) is 18.7 Å². The minimum absolute atomic E-state index is 0.00953. The van der Waals surface area contributed by atoms with Crippen molar-refractivity contribution in [3.05, 3.63) is 70.0 Å². The largest absolute Gasteiger partial charge is 0.416 e. The summed E-state index contributed by atoms with van der Waals surface area (Å²) in [6.07, 6.45) is -14.4.